The van der Waals surface area contributed by atoms with Crippen molar-refractivity contribution in [3.63, 3.8) is 0 Å². The number of benzene rings is 1. The fourth-order valence-electron chi connectivity index (χ4n) is 1.85. The van der Waals surface area contributed by atoms with Gasteiger partial charge in [0.05, 0.1) is 11.5 Å². The van der Waals surface area contributed by atoms with Crippen LogP contribution in [0, 0.1) is 5.92 Å². The van der Waals surface area contributed by atoms with Crippen LogP contribution >= 0.6 is 35.0 Å². The van der Waals surface area contributed by atoms with Crippen LogP contribution in [0.2, 0.25) is 10.0 Å². The maximum absolute atomic E-state index is 12.3. The molecule has 1 aliphatic rings. The molecule has 0 N–H and O–H groups in total. The number of nitrogens with zero attached hydrogens (tertiary/aromatic N) is 1. The lowest BCUT2D eigenvalue weighted by atomic mass is 10.2. The third kappa shape index (κ3) is 4.53. The number of hydrogen-bond acceptors (Lipinski definition) is 5. The molecule has 0 radical (unpaired) electrons. The number of imide groups is 1. The Bertz CT molecular complexity index is 698. The van der Waals surface area contributed by atoms with Gasteiger partial charge in [0.2, 0.25) is 0 Å². The number of carbonyl (C=O) groups excluding carboxylic acids is 3. The Labute approximate surface area is 153 Å². The molecule has 24 heavy (non-hydrogen) atoms. The van der Waals surface area contributed by atoms with Gasteiger partial charge in [-0.15, -0.1) is 0 Å². The zero-order valence-corrected chi connectivity index (χ0v) is 15.4. The summed E-state index contributed by atoms with van der Waals surface area (Å²) in [6, 6.07) is 4.94. The summed E-state index contributed by atoms with van der Waals surface area (Å²) in [4.78, 5) is 37.1. The fraction of sp³-hybridized carbons (Fsp3) is 0.312. The van der Waals surface area contributed by atoms with E-state index in [4.69, 9.17) is 27.9 Å². The highest BCUT2D eigenvalue weighted by Gasteiger charge is 2.36. The maximum Gasteiger partial charge on any atom is 0.326 e. The molecule has 0 aliphatic carbocycles. The molecule has 128 valence electrons. The first-order chi connectivity index (χ1) is 11.3. The Hall–Kier alpha value is -1.50. The minimum atomic E-state index is -0.622. The van der Waals surface area contributed by atoms with Gasteiger partial charge in [-0.25, -0.2) is 0 Å². The lowest BCUT2D eigenvalue weighted by Gasteiger charge is -2.12. The third-order valence-corrected chi connectivity index (χ3v) is 4.58. The highest BCUT2D eigenvalue weighted by atomic mass is 35.5. The third-order valence-electron chi connectivity index (χ3n) is 3.01. The van der Waals surface area contributed by atoms with Crippen LogP contribution in [0.1, 0.15) is 19.4 Å². The Balaban J connectivity index is 2.14. The maximum atomic E-state index is 12.3. The van der Waals surface area contributed by atoms with Crippen LogP contribution in [0.5, 0.6) is 0 Å². The number of carbonyl (C=O) groups is 3. The van der Waals surface area contributed by atoms with Crippen molar-refractivity contribution in [1.82, 2.24) is 4.90 Å². The molecule has 1 heterocycles. The fourth-order valence-corrected chi connectivity index (χ4v) is 3.18. The zero-order chi connectivity index (χ0) is 17.9. The predicted molar refractivity (Wildman–Crippen MR) is 94.9 cm³/mol. The quantitative estimate of drug-likeness (QED) is 0.558. The van der Waals surface area contributed by atoms with E-state index in [1.54, 1.807) is 18.2 Å². The molecular weight excluding hydrogens is 373 g/mol. The number of halogens is 2. The van der Waals surface area contributed by atoms with Crippen molar-refractivity contribution in [2.45, 2.75) is 13.8 Å². The largest absolute Gasteiger partial charge is 0.464 e. The van der Waals surface area contributed by atoms with Gasteiger partial charge in [-0.2, -0.15) is 0 Å². The second-order valence-corrected chi connectivity index (χ2v) is 7.29. The molecule has 5 nitrogen and oxygen atoms in total. The summed E-state index contributed by atoms with van der Waals surface area (Å²) in [6.07, 6.45) is 1.45. The van der Waals surface area contributed by atoms with Crippen molar-refractivity contribution in [3.8, 4) is 0 Å². The predicted octanol–water partition coefficient (Wildman–Crippen LogP) is 4.23. The van der Waals surface area contributed by atoms with E-state index < -0.39 is 23.7 Å². The van der Waals surface area contributed by atoms with Crippen molar-refractivity contribution in [3.05, 3.63) is 38.7 Å². The summed E-state index contributed by atoms with van der Waals surface area (Å²) >= 11 is 12.9. The molecular formula is C16H15Cl2NO4S. The van der Waals surface area contributed by atoms with Gasteiger partial charge in [0.15, 0.2) is 0 Å². The monoisotopic (exact) mass is 387 g/mol. The number of ether oxygens (including phenoxy) is 1. The molecule has 8 heteroatoms. The molecule has 1 aromatic rings. The minimum Gasteiger partial charge on any atom is -0.464 e. The molecule has 2 amide bonds. The van der Waals surface area contributed by atoms with Crippen molar-refractivity contribution in [2.75, 3.05) is 13.2 Å². The number of esters is 1. The first-order valence-electron chi connectivity index (χ1n) is 7.14. The van der Waals surface area contributed by atoms with Gasteiger partial charge >= 0.3 is 5.97 Å². The highest BCUT2D eigenvalue weighted by molar-refractivity contribution is 8.18. The van der Waals surface area contributed by atoms with Gasteiger partial charge in [-0.05, 0) is 35.9 Å². The molecule has 1 saturated heterocycles. The first kappa shape index (κ1) is 18.8. The van der Waals surface area contributed by atoms with Crippen LogP contribution in [0.25, 0.3) is 6.08 Å². The van der Waals surface area contributed by atoms with Crippen molar-refractivity contribution < 1.29 is 19.1 Å². The normalized spacial score (nSPS) is 16.4. The van der Waals surface area contributed by atoms with E-state index in [2.05, 4.69) is 0 Å². The highest BCUT2D eigenvalue weighted by Crippen LogP contribution is 2.35. The van der Waals surface area contributed by atoms with E-state index in [1.165, 1.54) is 6.08 Å². The molecule has 0 spiro atoms. The Morgan fingerprint density at radius 2 is 1.92 bits per heavy atom. The molecule has 0 unspecified atom stereocenters. The van der Waals surface area contributed by atoms with Gasteiger partial charge < -0.3 is 4.74 Å². The molecule has 0 atom stereocenters. The van der Waals surface area contributed by atoms with Gasteiger partial charge in [0.25, 0.3) is 11.1 Å². The van der Waals surface area contributed by atoms with Gasteiger partial charge in [-0.3, -0.25) is 19.3 Å². The number of thioether (sulfide) groups is 1. The topological polar surface area (TPSA) is 63.7 Å². The van der Waals surface area contributed by atoms with E-state index in [1.807, 2.05) is 13.8 Å². The first-order valence-corrected chi connectivity index (χ1v) is 8.72. The molecule has 2 rings (SSSR count). The number of amides is 2. The van der Waals surface area contributed by atoms with E-state index >= 15 is 0 Å². The van der Waals surface area contributed by atoms with Crippen LogP contribution in [-0.4, -0.2) is 35.2 Å². The summed E-state index contributed by atoms with van der Waals surface area (Å²) in [6.45, 7) is 3.61. The molecule has 0 saturated carbocycles. The molecule has 1 aromatic carbocycles. The van der Waals surface area contributed by atoms with Crippen molar-refractivity contribution in [1.29, 1.82) is 0 Å². The summed E-state index contributed by atoms with van der Waals surface area (Å²) in [5, 5.41) is 0.201. The Morgan fingerprint density at radius 1 is 1.29 bits per heavy atom. The SMILES string of the molecule is CC(C)COC(=O)CN1C(=O)S/C(=C/c2c(Cl)cccc2Cl)C1=O. The summed E-state index contributed by atoms with van der Waals surface area (Å²) in [7, 11) is 0. The van der Waals surface area contributed by atoms with Crippen LogP contribution in [0.3, 0.4) is 0 Å². The average Bonchev–Trinajstić information content (AvgIpc) is 2.76. The van der Waals surface area contributed by atoms with Crippen LogP contribution < -0.4 is 0 Å². The zero-order valence-electron chi connectivity index (χ0n) is 13.0. The Morgan fingerprint density at radius 3 is 2.50 bits per heavy atom. The van der Waals surface area contributed by atoms with Crippen LogP contribution in [0.4, 0.5) is 4.79 Å². The second kappa shape index (κ2) is 8.05. The van der Waals surface area contributed by atoms with Crippen molar-refractivity contribution >= 4 is 58.2 Å². The lowest BCUT2D eigenvalue weighted by molar-refractivity contribution is -0.147. The number of hydrogen-bond donors (Lipinski definition) is 0. The van der Waals surface area contributed by atoms with Gasteiger partial charge in [0.1, 0.15) is 6.54 Å². The average molecular weight is 388 g/mol. The molecule has 1 fully saturated rings. The smallest absolute Gasteiger partial charge is 0.326 e. The minimum absolute atomic E-state index is 0.159. The number of rotatable bonds is 5. The molecule has 0 aromatic heterocycles. The molecule has 1 aliphatic heterocycles. The van der Waals surface area contributed by atoms with E-state index in [0.717, 1.165) is 16.7 Å². The van der Waals surface area contributed by atoms with Crippen LogP contribution in [-0.2, 0) is 14.3 Å². The lowest BCUT2D eigenvalue weighted by Crippen LogP contribution is -2.34. The van der Waals surface area contributed by atoms with Gasteiger partial charge in [0, 0.05) is 15.6 Å². The summed E-state index contributed by atoms with van der Waals surface area (Å²) in [5.74, 6) is -1.02. The Kier molecular flexibility index (Phi) is 6.32. The van der Waals surface area contributed by atoms with Gasteiger partial charge in [-0.1, -0.05) is 43.1 Å². The standard InChI is InChI=1S/C16H15Cl2NO4S/c1-9(2)8-23-14(20)7-19-15(21)13(24-16(19)22)6-10-11(17)4-3-5-12(10)18/h3-6,9H,7-8H2,1-2H3/b13-6+. The second-order valence-electron chi connectivity index (χ2n) is 5.48. The molecule has 0 bridgehead atoms. The van der Waals surface area contributed by atoms with E-state index in [0.29, 0.717) is 15.6 Å². The van der Waals surface area contributed by atoms with E-state index in [9.17, 15) is 14.4 Å². The summed E-state index contributed by atoms with van der Waals surface area (Å²) < 4.78 is 5.00. The van der Waals surface area contributed by atoms with E-state index in [-0.39, 0.29) is 17.4 Å². The van der Waals surface area contributed by atoms with Crippen molar-refractivity contribution in [2.24, 2.45) is 5.92 Å². The van der Waals surface area contributed by atoms with Crippen LogP contribution in [0.15, 0.2) is 23.1 Å². The summed E-state index contributed by atoms with van der Waals surface area (Å²) in [5.41, 5.74) is 0.453.